The highest BCUT2D eigenvalue weighted by atomic mass is 35.5. The maximum absolute atomic E-state index is 6.11. The van der Waals surface area contributed by atoms with Crippen molar-refractivity contribution in [2.24, 2.45) is 0 Å². The van der Waals surface area contributed by atoms with Gasteiger partial charge in [-0.2, -0.15) is 0 Å². The Hall–Kier alpha value is -1.88. The number of halogens is 1. The van der Waals surface area contributed by atoms with E-state index in [2.05, 4.69) is 15.2 Å². The fraction of sp³-hybridized carbons (Fsp3) is 0.308. The van der Waals surface area contributed by atoms with Crippen molar-refractivity contribution < 1.29 is 9.47 Å². The summed E-state index contributed by atoms with van der Waals surface area (Å²) >= 11 is 6.11. The van der Waals surface area contributed by atoms with E-state index in [1.807, 2.05) is 6.92 Å². The standard InChI is InChI=1S/C13H14ClN3O2/c1-3-6-19-13-10(14)7-9(8-15-13)11-4-5-12(18-2)17-16-11/h4-5,7-8H,3,6H2,1-2H3. The lowest BCUT2D eigenvalue weighted by Gasteiger charge is -2.07. The minimum Gasteiger partial charge on any atom is -0.480 e. The van der Waals surface area contributed by atoms with Crippen LogP contribution >= 0.6 is 11.6 Å². The average Bonchev–Trinajstić information content (AvgIpc) is 2.46. The summed E-state index contributed by atoms with van der Waals surface area (Å²) in [7, 11) is 1.54. The lowest BCUT2D eigenvalue weighted by molar-refractivity contribution is 0.305. The van der Waals surface area contributed by atoms with Gasteiger partial charge < -0.3 is 9.47 Å². The van der Waals surface area contributed by atoms with Crippen molar-refractivity contribution in [3.05, 3.63) is 29.4 Å². The second kappa shape index (κ2) is 6.33. The summed E-state index contributed by atoms with van der Waals surface area (Å²) in [5.74, 6) is 0.902. The van der Waals surface area contributed by atoms with Gasteiger partial charge >= 0.3 is 0 Å². The molecule has 0 atom stereocenters. The van der Waals surface area contributed by atoms with Crippen molar-refractivity contribution >= 4 is 11.6 Å². The van der Waals surface area contributed by atoms with Crippen molar-refractivity contribution in [2.75, 3.05) is 13.7 Å². The molecular weight excluding hydrogens is 266 g/mol. The predicted octanol–water partition coefficient (Wildman–Crippen LogP) is 2.99. The van der Waals surface area contributed by atoms with E-state index in [1.54, 1.807) is 31.5 Å². The summed E-state index contributed by atoms with van der Waals surface area (Å²) in [6.07, 6.45) is 2.57. The van der Waals surface area contributed by atoms with Crippen LogP contribution in [0, 0.1) is 0 Å². The van der Waals surface area contributed by atoms with Gasteiger partial charge in [0.1, 0.15) is 5.02 Å². The quantitative estimate of drug-likeness (QED) is 0.842. The average molecular weight is 280 g/mol. The molecule has 100 valence electrons. The van der Waals surface area contributed by atoms with Crippen molar-refractivity contribution in [3.8, 4) is 23.0 Å². The molecule has 2 heterocycles. The third-order valence-electron chi connectivity index (χ3n) is 2.40. The number of hydrogen-bond acceptors (Lipinski definition) is 5. The Labute approximate surface area is 116 Å². The zero-order chi connectivity index (χ0) is 13.7. The number of hydrogen-bond donors (Lipinski definition) is 0. The Kier molecular flexibility index (Phi) is 4.52. The van der Waals surface area contributed by atoms with Crippen LogP contribution in [0.1, 0.15) is 13.3 Å². The van der Waals surface area contributed by atoms with E-state index in [4.69, 9.17) is 21.1 Å². The normalized spacial score (nSPS) is 10.3. The van der Waals surface area contributed by atoms with Gasteiger partial charge in [-0.05, 0) is 18.6 Å². The lowest BCUT2D eigenvalue weighted by atomic mass is 10.2. The molecule has 0 aliphatic heterocycles. The maximum Gasteiger partial charge on any atom is 0.233 e. The van der Waals surface area contributed by atoms with Gasteiger partial charge in [-0.15, -0.1) is 10.2 Å². The Balaban J connectivity index is 2.22. The summed E-state index contributed by atoms with van der Waals surface area (Å²) in [6.45, 7) is 2.61. The zero-order valence-corrected chi connectivity index (χ0v) is 11.5. The molecule has 0 N–H and O–H groups in total. The number of rotatable bonds is 5. The van der Waals surface area contributed by atoms with Gasteiger partial charge in [0.05, 0.1) is 19.4 Å². The van der Waals surface area contributed by atoms with Crippen LogP contribution in [0.15, 0.2) is 24.4 Å². The first-order valence-corrected chi connectivity index (χ1v) is 6.28. The topological polar surface area (TPSA) is 57.1 Å². The van der Waals surface area contributed by atoms with Gasteiger partial charge in [0.15, 0.2) is 0 Å². The maximum atomic E-state index is 6.11. The van der Waals surface area contributed by atoms with Crippen LogP contribution in [0.5, 0.6) is 11.8 Å². The van der Waals surface area contributed by atoms with Gasteiger partial charge in [-0.25, -0.2) is 4.98 Å². The number of methoxy groups -OCH3 is 1. The molecule has 0 aliphatic rings. The van der Waals surface area contributed by atoms with E-state index in [0.29, 0.717) is 29.1 Å². The van der Waals surface area contributed by atoms with E-state index >= 15 is 0 Å². The third kappa shape index (κ3) is 3.32. The van der Waals surface area contributed by atoms with E-state index < -0.39 is 0 Å². The molecule has 0 saturated carbocycles. The Morgan fingerprint density at radius 3 is 2.68 bits per heavy atom. The molecule has 0 radical (unpaired) electrons. The summed E-state index contributed by atoms with van der Waals surface area (Å²) in [5, 5.41) is 8.40. The molecule has 2 aromatic rings. The number of nitrogens with zero attached hydrogens (tertiary/aromatic N) is 3. The molecule has 0 fully saturated rings. The van der Waals surface area contributed by atoms with E-state index in [-0.39, 0.29) is 0 Å². The first-order valence-electron chi connectivity index (χ1n) is 5.91. The molecule has 0 bridgehead atoms. The summed E-state index contributed by atoms with van der Waals surface area (Å²) in [4.78, 5) is 4.18. The first-order chi connectivity index (χ1) is 9.24. The predicted molar refractivity (Wildman–Crippen MR) is 72.6 cm³/mol. The molecule has 0 aromatic carbocycles. The van der Waals surface area contributed by atoms with Gasteiger partial charge in [-0.3, -0.25) is 0 Å². The van der Waals surface area contributed by atoms with Crippen LogP contribution in [0.3, 0.4) is 0 Å². The fourth-order valence-electron chi connectivity index (χ4n) is 1.45. The van der Waals surface area contributed by atoms with Gasteiger partial charge in [0.2, 0.25) is 11.8 Å². The highest BCUT2D eigenvalue weighted by Gasteiger charge is 2.08. The van der Waals surface area contributed by atoms with Crippen LogP contribution < -0.4 is 9.47 Å². The zero-order valence-electron chi connectivity index (χ0n) is 10.8. The highest BCUT2D eigenvalue weighted by Crippen LogP contribution is 2.27. The van der Waals surface area contributed by atoms with E-state index in [0.717, 1.165) is 12.0 Å². The smallest absolute Gasteiger partial charge is 0.233 e. The first kappa shape index (κ1) is 13.5. The van der Waals surface area contributed by atoms with Gasteiger partial charge in [0, 0.05) is 17.8 Å². The molecule has 6 heteroatoms. The number of aromatic nitrogens is 3. The van der Waals surface area contributed by atoms with Crippen LogP contribution in [0.4, 0.5) is 0 Å². The van der Waals surface area contributed by atoms with Crippen LogP contribution in [0.25, 0.3) is 11.3 Å². The van der Waals surface area contributed by atoms with E-state index in [9.17, 15) is 0 Å². The van der Waals surface area contributed by atoms with Crippen LogP contribution in [-0.2, 0) is 0 Å². The molecule has 0 amide bonds. The van der Waals surface area contributed by atoms with Gasteiger partial charge in [-0.1, -0.05) is 18.5 Å². The molecule has 5 nitrogen and oxygen atoms in total. The van der Waals surface area contributed by atoms with E-state index in [1.165, 1.54) is 0 Å². The Bertz CT molecular complexity index is 546. The number of pyridine rings is 1. The molecule has 0 saturated heterocycles. The molecule has 0 spiro atoms. The van der Waals surface area contributed by atoms with Crippen molar-refractivity contribution in [3.63, 3.8) is 0 Å². The fourth-order valence-corrected chi connectivity index (χ4v) is 1.67. The van der Waals surface area contributed by atoms with Crippen LogP contribution in [-0.4, -0.2) is 28.9 Å². The van der Waals surface area contributed by atoms with Gasteiger partial charge in [0.25, 0.3) is 0 Å². The van der Waals surface area contributed by atoms with Crippen LogP contribution in [0.2, 0.25) is 5.02 Å². The largest absolute Gasteiger partial charge is 0.480 e. The molecular formula is C13H14ClN3O2. The molecule has 2 aromatic heterocycles. The number of ether oxygens (including phenoxy) is 2. The molecule has 19 heavy (non-hydrogen) atoms. The lowest BCUT2D eigenvalue weighted by Crippen LogP contribution is -1.98. The minimum absolute atomic E-state index is 0.439. The second-order valence-corrected chi connectivity index (χ2v) is 4.23. The SMILES string of the molecule is CCCOc1ncc(-c2ccc(OC)nn2)cc1Cl. The summed E-state index contributed by atoms with van der Waals surface area (Å²) in [5.41, 5.74) is 1.46. The third-order valence-corrected chi connectivity index (χ3v) is 2.67. The van der Waals surface area contributed by atoms with Crippen molar-refractivity contribution in [1.29, 1.82) is 0 Å². The van der Waals surface area contributed by atoms with Crippen molar-refractivity contribution in [2.45, 2.75) is 13.3 Å². The molecule has 0 unspecified atom stereocenters. The Morgan fingerprint density at radius 1 is 1.26 bits per heavy atom. The summed E-state index contributed by atoms with van der Waals surface area (Å²) < 4.78 is 10.4. The molecule has 2 rings (SSSR count). The molecule has 0 aliphatic carbocycles. The van der Waals surface area contributed by atoms with Crippen molar-refractivity contribution in [1.82, 2.24) is 15.2 Å². The summed E-state index contributed by atoms with van der Waals surface area (Å²) in [6, 6.07) is 5.29. The monoisotopic (exact) mass is 279 g/mol. The Morgan fingerprint density at radius 2 is 2.11 bits per heavy atom. The minimum atomic E-state index is 0.439. The highest BCUT2D eigenvalue weighted by molar-refractivity contribution is 6.32. The second-order valence-electron chi connectivity index (χ2n) is 3.82.